The van der Waals surface area contributed by atoms with E-state index in [4.69, 9.17) is 18.1 Å². The number of rotatable bonds is 0. The summed E-state index contributed by atoms with van der Waals surface area (Å²) in [4.78, 5) is 2.10. The topological polar surface area (TPSA) is 44.5 Å². The summed E-state index contributed by atoms with van der Waals surface area (Å²) in [5.74, 6) is 5.50. The Labute approximate surface area is 72.3 Å². The predicted molar refractivity (Wildman–Crippen MR) is 49.0 cm³/mol. The van der Waals surface area contributed by atoms with Crippen molar-refractivity contribution in [3.05, 3.63) is 0 Å². The molecule has 1 heterocycles. The van der Waals surface area contributed by atoms with E-state index in [1.165, 1.54) is 5.01 Å². The molecule has 11 heavy (non-hydrogen) atoms. The van der Waals surface area contributed by atoms with E-state index in [1.54, 1.807) is 7.05 Å². The summed E-state index contributed by atoms with van der Waals surface area (Å²) >= 11 is 5.10. The Bertz CT molecular complexity index is 142. The normalized spacial score (nSPS) is 18.2. The number of hydrazine groups is 1. The summed E-state index contributed by atoms with van der Waals surface area (Å²) in [6.07, 6.45) is 0. The van der Waals surface area contributed by atoms with Gasteiger partial charge in [-0.05, 0) is 12.2 Å². The lowest BCUT2D eigenvalue weighted by Gasteiger charge is -2.32. The van der Waals surface area contributed by atoms with Gasteiger partial charge in [0.2, 0.25) is 0 Å². The molecule has 0 radical (unpaired) electrons. The van der Waals surface area contributed by atoms with Gasteiger partial charge in [-0.15, -0.1) is 0 Å². The Morgan fingerprint density at radius 2 is 2.09 bits per heavy atom. The Kier molecular flexibility index (Phi) is 3.04. The Morgan fingerprint density at radius 3 is 2.55 bits per heavy atom. The molecule has 0 spiro atoms. The van der Waals surface area contributed by atoms with Crippen LogP contribution in [-0.2, 0) is 0 Å². The van der Waals surface area contributed by atoms with Crippen LogP contribution >= 0.6 is 12.2 Å². The SMILES string of the molecule is CN(N)C(=S)N1CCNCC1. The molecule has 0 aliphatic carbocycles. The summed E-state index contributed by atoms with van der Waals surface area (Å²) in [7, 11) is 1.77. The molecular weight excluding hydrogens is 160 g/mol. The average molecular weight is 174 g/mol. The molecule has 3 N–H and O–H groups in total. The second kappa shape index (κ2) is 3.85. The predicted octanol–water partition coefficient (Wildman–Crippen LogP) is -1.02. The molecule has 0 aromatic rings. The van der Waals surface area contributed by atoms with Crippen molar-refractivity contribution in [1.82, 2.24) is 15.2 Å². The Hall–Kier alpha value is -0.390. The molecule has 0 aromatic carbocycles. The van der Waals surface area contributed by atoms with Crippen molar-refractivity contribution >= 4 is 17.3 Å². The van der Waals surface area contributed by atoms with Gasteiger partial charge in [-0.1, -0.05) is 0 Å². The van der Waals surface area contributed by atoms with Gasteiger partial charge in [-0.3, -0.25) is 5.01 Å². The summed E-state index contributed by atoms with van der Waals surface area (Å²) < 4.78 is 0. The molecule has 64 valence electrons. The van der Waals surface area contributed by atoms with Crippen LogP contribution in [0.15, 0.2) is 0 Å². The molecule has 1 saturated heterocycles. The second-order valence-electron chi connectivity index (χ2n) is 2.63. The standard InChI is InChI=1S/C6H14N4S/c1-9(7)6(11)10-4-2-8-3-5-10/h8H,2-5,7H2,1H3. The van der Waals surface area contributed by atoms with Crippen LogP contribution in [0.1, 0.15) is 0 Å². The van der Waals surface area contributed by atoms with Gasteiger partial charge in [-0.25, -0.2) is 5.84 Å². The number of piperazine rings is 1. The first kappa shape index (κ1) is 8.70. The van der Waals surface area contributed by atoms with Crippen LogP contribution in [0, 0.1) is 0 Å². The van der Waals surface area contributed by atoms with E-state index in [0.29, 0.717) is 0 Å². The lowest BCUT2D eigenvalue weighted by atomic mass is 10.4. The smallest absolute Gasteiger partial charge is 0.185 e. The average Bonchev–Trinajstić information content (AvgIpc) is 2.05. The number of nitrogens with two attached hydrogens (primary N) is 1. The molecule has 1 rings (SSSR count). The van der Waals surface area contributed by atoms with Crippen LogP contribution in [0.4, 0.5) is 0 Å². The third kappa shape index (κ3) is 2.28. The van der Waals surface area contributed by atoms with Gasteiger partial charge in [0, 0.05) is 33.2 Å². The van der Waals surface area contributed by atoms with E-state index in [-0.39, 0.29) is 0 Å². The molecule has 1 fully saturated rings. The second-order valence-corrected chi connectivity index (χ2v) is 3.00. The van der Waals surface area contributed by atoms with Crippen LogP contribution in [0.25, 0.3) is 0 Å². The lowest BCUT2D eigenvalue weighted by Crippen LogP contribution is -2.52. The van der Waals surface area contributed by atoms with Crippen molar-refractivity contribution in [2.45, 2.75) is 0 Å². The maximum atomic E-state index is 5.50. The molecule has 1 aliphatic heterocycles. The number of hydrogen-bond donors (Lipinski definition) is 2. The number of thiocarbonyl (C=S) groups is 1. The zero-order valence-electron chi connectivity index (χ0n) is 6.71. The third-order valence-corrected chi connectivity index (χ3v) is 2.24. The lowest BCUT2D eigenvalue weighted by molar-refractivity contribution is 0.320. The highest BCUT2D eigenvalue weighted by Gasteiger charge is 2.13. The van der Waals surface area contributed by atoms with E-state index in [0.717, 1.165) is 31.3 Å². The minimum absolute atomic E-state index is 0.728. The molecule has 0 atom stereocenters. The summed E-state index contributed by atoms with van der Waals surface area (Å²) in [6, 6.07) is 0. The van der Waals surface area contributed by atoms with Crippen molar-refractivity contribution < 1.29 is 0 Å². The molecule has 0 bridgehead atoms. The van der Waals surface area contributed by atoms with Crippen LogP contribution < -0.4 is 11.2 Å². The first-order chi connectivity index (χ1) is 5.22. The quantitative estimate of drug-likeness (QED) is 0.280. The van der Waals surface area contributed by atoms with Gasteiger partial charge in [0.05, 0.1) is 0 Å². The van der Waals surface area contributed by atoms with Crippen molar-refractivity contribution in [1.29, 1.82) is 0 Å². The monoisotopic (exact) mass is 174 g/mol. The van der Waals surface area contributed by atoms with Crippen molar-refractivity contribution in [3.63, 3.8) is 0 Å². The van der Waals surface area contributed by atoms with Gasteiger partial charge < -0.3 is 10.2 Å². The Morgan fingerprint density at radius 1 is 1.55 bits per heavy atom. The van der Waals surface area contributed by atoms with E-state index >= 15 is 0 Å². The van der Waals surface area contributed by atoms with E-state index in [1.807, 2.05) is 0 Å². The number of hydrogen-bond acceptors (Lipinski definition) is 3. The molecule has 0 saturated carbocycles. The van der Waals surface area contributed by atoms with Crippen LogP contribution in [0.3, 0.4) is 0 Å². The first-order valence-electron chi connectivity index (χ1n) is 3.70. The molecule has 0 unspecified atom stereocenters. The number of nitrogens with zero attached hydrogens (tertiary/aromatic N) is 2. The fourth-order valence-electron chi connectivity index (χ4n) is 1.08. The maximum Gasteiger partial charge on any atom is 0.185 e. The van der Waals surface area contributed by atoms with Gasteiger partial charge in [0.15, 0.2) is 5.11 Å². The summed E-state index contributed by atoms with van der Waals surface area (Å²) in [5.41, 5.74) is 0. The Balaban J connectivity index is 2.39. The molecule has 0 aromatic heterocycles. The van der Waals surface area contributed by atoms with E-state index in [2.05, 4.69) is 10.2 Å². The minimum Gasteiger partial charge on any atom is -0.346 e. The van der Waals surface area contributed by atoms with Gasteiger partial charge >= 0.3 is 0 Å². The third-order valence-electron chi connectivity index (χ3n) is 1.69. The van der Waals surface area contributed by atoms with Crippen LogP contribution in [0.5, 0.6) is 0 Å². The fourth-order valence-corrected chi connectivity index (χ4v) is 1.26. The molecule has 1 aliphatic rings. The van der Waals surface area contributed by atoms with E-state index in [9.17, 15) is 0 Å². The minimum atomic E-state index is 0.728. The van der Waals surface area contributed by atoms with Crippen molar-refractivity contribution in [2.24, 2.45) is 5.84 Å². The molecular formula is C6H14N4S. The fraction of sp³-hybridized carbons (Fsp3) is 0.833. The highest BCUT2D eigenvalue weighted by atomic mass is 32.1. The summed E-state index contributed by atoms with van der Waals surface area (Å²) in [5, 5.41) is 5.46. The van der Waals surface area contributed by atoms with E-state index < -0.39 is 0 Å². The maximum absolute atomic E-state index is 5.50. The van der Waals surface area contributed by atoms with Crippen molar-refractivity contribution in [3.8, 4) is 0 Å². The molecule has 4 nitrogen and oxygen atoms in total. The van der Waals surface area contributed by atoms with Gasteiger partial charge in [0.25, 0.3) is 0 Å². The zero-order chi connectivity index (χ0) is 8.27. The van der Waals surface area contributed by atoms with Crippen LogP contribution in [-0.4, -0.2) is 48.2 Å². The van der Waals surface area contributed by atoms with Crippen molar-refractivity contribution in [2.75, 3.05) is 33.2 Å². The van der Waals surface area contributed by atoms with Crippen LogP contribution in [0.2, 0.25) is 0 Å². The summed E-state index contributed by atoms with van der Waals surface area (Å²) in [6.45, 7) is 3.91. The number of nitrogens with one attached hydrogen (secondary N) is 1. The molecule has 5 heteroatoms. The first-order valence-corrected chi connectivity index (χ1v) is 4.10. The largest absolute Gasteiger partial charge is 0.346 e. The molecule has 0 amide bonds. The van der Waals surface area contributed by atoms with Gasteiger partial charge in [0.1, 0.15) is 0 Å². The highest BCUT2D eigenvalue weighted by Crippen LogP contribution is 1.95. The van der Waals surface area contributed by atoms with Gasteiger partial charge in [-0.2, -0.15) is 0 Å². The zero-order valence-corrected chi connectivity index (χ0v) is 7.52. The highest BCUT2D eigenvalue weighted by molar-refractivity contribution is 7.80.